The highest BCUT2D eigenvalue weighted by molar-refractivity contribution is 6.13. The lowest BCUT2D eigenvalue weighted by molar-refractivity contribution is -0.138. The van der Waals surface area contributed by atoms with E-state index >= 15 is 0 Å². The van der Waals surface area contributed by atoms with Gasteiger partial charge in [-0.25, -0.2) is 4.98 Å². The third-order valence-electron chi connectivity index (χ3n) is 5.77. The van der Waals surface area contributed by atoms with Crippen LogP contribution < -0.4 is 4.74 Å². The SMILES string of the molecule is COc1ccc2c(-c3ccc(C(F)(F)F)cc3)c3cc4cc(C(F)(F)F)ccc4cc3nc2c1.Cl. The molecule has 5 aromatic rings. The molecule has 0 aliphatic carbocycles. The predicted molar refractivity (Wildman–Crippen MR) is 126 cm³/mol. The summed E-state index contributed by atoms with van der Waals surface area (Å²) in [5, 5.41) is 2.09. The summed E-state index contributed by atoms with van der Waals surface area (Å²) < 4.78 is 84.4. The van der Waals surface area contributed by atoms with Crippen LogP contribution >= 0.6 is 12.4 Å². The summed E-state index contributed by atoms with van der Waals surface area (Å²) in [5.41, 5.74) is 0.545. The van der Waals surface area contributed by atoms with Crippen molar-refractivity contribution in [2.24, 2.45) is 0 Å². The maximum Gasteiger partial charge on any atom is 0.416 e. The number of hydrogen-bond donors (Lipinski definition) is 0. The Morgan fingerprint density at radius 3 is 1.89 bits per heavy atom. The first-order valence-electron chi connectivity index (χ1n) is 10.1. The number of hydrogen-bond acceptors (Lipinski definition) is 2. The topological polar surface area (TPSA) is 22.1 Å². The Hall–Kier alpha value is -3.52. The zero-order valence-corrected chi connectivity index (χ0v) is 18.8. The van der Waals surface area contributed by atoms with Crippen LogP contribution in [0.4, 0.5) is 26.3 Å². The van der Waals surface area contributed by atoms with Crippen LogP contribution in [0.3, 0.4) is 0 Å². The molecule has 0 bridgehead atoms. The Morgan fingerprint density at radius 1 is 0.629 bits per heavy atom. The van der Waals surface area contributed by atoms with Gasteiger partial charge in [0.1, 0.15) is 5.75 Å². The van der Waals surface area contributed by atoms with E-state index in [4.69, 9.17) is 4.74 Å². The molecule has 0 amide bonds. The largest absolute Gasteiger partial charge is 0.497 e. The summed E-state index contributed by atoms with van der Waals surface area (Å²) in [4.78, 5) is 4.67. The predicted octanol–water partition coefficient (Wildman–Crippen LogP) is 8.68. The third kappa shape index (κ3) is 4.46. The van der Waals surface area contributed by atoms with E-state index in [1.165, 1.54) is 25.3 Å². The molecule has 5 rings (SSSR count). The first-order valence-corrected chi connectivity index (χ1v) is 10.1. The standard InChI is InChI=1S/C26H15F6NO.ClH/c1-34-19-8-9-20-23(13-19)33-22-12-15-4-7-18(26(30,31)32)10-16(15)11-21(22)24(20)14-2-5-17(6-3-14)25(27,28)29;/h2-13H,1H3;1H. The van der Waals surface area contributed by atoms with Crippen LogP contribution in [0.25, 0.3) is 43.7 Å². The van der Waals surface area contributed by atoms with Crippen LogP contribution in [-0.2, 0) is 12.4 Å². The Morgan fingerprint density at radius 2 is 1.26 bits per heavy atom. The molecule has 0 unspecified atom stereocenters. The van der Waals surface area contributed by atoms with Gasteiger partial charge in [-0.1, -0.05) is 18.2 Å². The van der Waals surface area contributed by atoms with E-state index in [0.29, 0.717) is 49.5 Å². The van der Waals surface area contributed by atoms with Crippen LogP contribution in [0.5, 0.6) is 5.75 Å². The first kappa shape index (κ1) is 24.6. The monoisotopic (exact) mass is 507 g/mol. The van der Waals surface area contributed by atoms with Crippen molar-refractivity contribution in [3.8, 4) is 16.9 Å². The van der Waals surface area contributed by atoms with Gasteiger partial charge in [0.25, 0.3) is 0 Å². The van der Waals surface area contributed by atoms with Crippen molar-refractivity contribution in [2.45, 2.75) is 12.4 Å². The maximum absolute atomic E-state index is 13.3. The average molecular weight is 508 g/mol. The Bertz CT molecular complexity index is 1560. The Labute approximate surface area is 201 Å². The minimum absolute atomic E-state index is 0. The van der Waals surface area contributed by atoms with Gasteiger partial charge in [0.15, 0.2) is 0 Å². The fourth-order valence-corrected chi connectivity index (χ4v) is 4.11. The zero-order valence-electron chi connectivity index (χ0n) is 18.0. The number of aromatic nitrogens is 1. The molecule has 180 valence electrons. The summed E-state index contributed by atoms with van der Waals surface area (Å²) in [6.07, 6.45) is -8.99. The summed E-state index contributed by atoms with van der Waals surface area (Å²) in [5.74, 6) is 0.549. The van der Waals surface area contributed by atoms with Crippen LogP contribution in [0, 0.1) is 0 Å². The highest BCUT2D eigenvalue weighted by Crippen LogP contribution is 2.40. The average Bonchev–Trinajstić information content (AvgIpc) is 2.79. The van der Waals surface area contributed by atoms with Gasteiger partial charge >= 0.3 is 12.4 Å². The van der Waals surface area contributed by atoms with Crippen molar-refractivity contribution in [3.05, 3.63) is 83.9 Å². The van der Waals surface area contributed by atoms with Crippen molar-refractivity contribution in [2.75, 3.05) is 7.11 Å². The van der Waals surface area contributed by atoms with E-state index in [9.17, 15) is 26.3 Å². The van der Waals surface area contributed by atoms with E-state index in [-0.39, 0.29) is 12.4 Å². The number of halogens is 7. The van der Waals surface area contributed by atoms with Gasteiger partial charge in [0.05, 0.1) is 29.3 Å². The van der Waals surface area contributed by atoms with Crippen molar-refractivity contribution in [3.63, 3.8) is 0 Å². The van der Waals surface area contributed by atoms with E-state index < -0.39 is 23.5 Å². The molecular weight excluding hydrogens is 492 g/mol. The molecule has 0 aliphatic heterocycles. The van der Waals surface area contributed by atoms with Gasteiger partial charge in [0.2, 0.25) is 0 Å². The molecule has 0 aliphatic rings. The van der Waals surface area contributed by atoms with Crippen molar-refractivity contribution in [1.82, 2.24) is 4.98 Å². The normalized spacial score (nSPS) is 12.2. The molecule has 0 N–H and O–H groups in total. The summed E-state index contributed by atoms with van der Waals surface area (Å²) in [6.45, 7) is 0. The van der Waals surface area contributed by atoms with Gasteiger partial charge in [-0.3, -0.25) is 0 Å². The fraction of sp³-hybridized carbons (Fsp3) is 0.115. The Balaban J connectivity index is 0.00000289. The van der Waals surface area contributed by atoms with Crippen molar-refractivity contribution < 1.29 is 31.1 Å². The number of methoxy groups -OCH3 is 1. The lowest BCUT2D eigenvalue weighted by Gasteiger charge is -2.15. The van der Waals surface area contributed by atoms with E-state index in [1.54, 1.807) is 30.3 Å². The van der Waals surface area contributed by atoms with Gasteiger partial charge in [0, 0.05) is 22.4 Å². The summed E-state index contributed by atoms with van der Waals surface area (Å²) in [7, 11) is 1.50. The molecule has 1 heterocycles. The van der Waals surface area contributed by atoms with E-state index in [2.05, 4.69) is 4.98 Å². The second kappa shape index (κ2) is 8.61. The third-order valence-corrected chi connectivity index (χ3v) is 5.77. The fourth-order valence-electron chi connectivity index (χ4n) is 4.11. The van der Waals surface area contributed by atoms with Crippen LogP contribution in [0.1, 0.15) is 11.1 Å². The molecule has 0 fully saturated rings. The first-order chi connectivity index (χ1) is 16.0. The molecule has 4 aromatic carbocycles. The zero-order chi connectivity index (χ0) is 24.3. The summed E-state index contributed by atoms with van der Waals surface area (Å²) in [6, 6.07) is 16.6. The Kier molecular flexibility index (Phi) is 6.05. The minimum Gasteiger partial charge on any atom is -0.497 e. The number of fused-ring (bicyclic) bond motifs is 3. The van der Waals surface area contributed by atoms with Gasteiger partial charge in [-0.15, -0.1) is 12.4 Å². The van der Waals surface area contributed by atoms with Gasteiger partial charge in [-0.05, 0) is 64.9 Å². The second-order valence-corrected chi connectivity index (χ2v) is 7.87. The molecule has 0 radical (unpaired) electrons. The second-order valence-electron chi connectivity index (χ2n) is 7.87. The molecule has 0 atom stereocenters. The maximum atomic E-state index is 13.3. The van der Waals surface area contributed by atoms with E-state index in [1.807, 2.05) is 0 Å². The van der Waals surface area contributed by atoms with Gasteiger partial charge in [-0.2, -0.15) is 26.3 Å². The van der Waals surface area contributed by atoms with Crippen LogP contribution in [0.2, 0.25) is 0 Å². The number of benzene rings is 4. The van der Waals surface area contributed by atoms with E-state index in [0.717, 1.165) is 24.3 Å². The molecule has 35 heavy (non-hydrogen) atoms. The molecule has 0 saturated carbocycles. The summed E-state index contributed by atoms with van der Waals surface area (Å²) >= 11 is 0. The lowest BCUT2D eigenvalue weighted by Crippen LogP contribution is -2.04. The van der Waals surface area contributed by atoms with Crippen molar-refractivity contribution in [1.29, 1.82) is 0 Å². The molecular formula is C26H16ClF6NO. The molecule has 2 nitrogen and oxygen atoms in total. The molecule has 0 spiro atoms. The number of alkyl halides is 6. The molecule has 1 aromatic heterocycles. The van der Waals surface area contributed by atoms with Crippen molar-refractivity contribution >= 4 is 45.0 Å². The molecule has 0 saturated heterocycles. The number of rotatable bonds is 2. The lowest BCUT2D eigenvalue weighted by atomic mass is 9.93. The van der Waals surface area contributed by atoms with Crippen LogP contribution in [-0.4, -0.2) is 12.1 Å². The minimum atomic E-state index is -4.50. The number of pyridine rings is 1. The number of nitrogens with zero attached hydrogens (tertiary/aromatic N) is 1. The highest BCUT2D eigenvalue weighted by atomic mass is 35.5. The highest BCUT2D eigenvalue weighted by Gasteiger charge is 2.31. The van der Waals surface area contributed by atoms with Gasteiger partial charge < -0.3 is 4.74 Å². The quantitative estimate of drug-likeness (QED) is 0.176. The molecule has 9 heteroatoms. The smallest absolute Gasteiger partial charge is 0.416 e. The van der Waals surface area contributed by atoms with Crippen LogP contribution in [0.15, 0.2) is 72.8 Å². The number of ether oxygens (including phenoxy) is 1.